The van der Waals surface area contributed by atoms with Crippen LogP contribution in [0.1, 0.15) is 58.0 Å². The second kappa shape index (κ2) is 10.2. The van der Waals surface area contributed by atoms with E-state index in [4.69, 9.17) is 11.6 Å². The molecule has 1 heterocycles. The molecule has 0 saturated heterocycles. The molecule has 1 aromatic heterocycles. The number of halogens is 1. The lowest BCUT2D eigenvalue weighted by Gasteiger charge is -2.20. The third kappa shape index (κ3) is 7.30. The first-order valence-electron chi connectivity index (χ1n) is 8.18. The minimum atomic E-state index is 0.619. The number of unbranched alkanes of at least 4 members (excludes halogenated alkanes) is 2. The molecule has 0 spiro atoms. The molecule has 0 amide bonds. The van der Waals surface area contributed by atoms with E-state index >= 15 is 0 Å². The first-order valence-corrected chi connectivity index (χ1v) is 8.56. The number of imidazole rings is 1. The van der Waals surface area contributed by atoms with Crippen LogP contribution in [0.5, 0.6) is 0 Å². The van der Waals surface area contributed by atoms with Gasteiger partial charge in [0.05, 0.1) is 5.69 Å². The van der Waals surface area contributed by atoms with E-state index in [1.54, 1.807) is 0 Å². The Balaban J connectivity index is 2.16. The van der Waals surface area contributed by atoms with Crippen molar-refractivity contribution >= 4 is 11.6 Å². The maximum atomic E-state index is 6.15. The lowest BCUT2D eigenvalue weighted by Crippen LogP contribution is -2.27. The zero-order valence-electron chi connectivity index (χ0n) is 14.0. The first-order chi connectivity index (χ1) is 10.0. The van der Waals surface area contributed by atoms with Gasteiger partial charge in [0.15, 0.2) is 5.15 Å². The highest BCUT2D eigenvalue weighted by Gasteiger charge is 2.07. The Bertz CT molecular complexity index is 390. The zero-order valence-corrected chi connectivity index (χ0v) is 14.8. The van der Waals surface area contributed by atoms with Crippen LogP contribution in [0.2, 0.25) is 5.15 Å². The predicted octanol–water partition coefficient (Wildman–Crippen LogP) is 3.62. The summed E-state index contributed by atoms with van der Waals surface area (Å²) in [6.45, 7) is 9.60. The van der Waals surface area contributed by atoms with E-state index in [1.165, 1.54) is 19.3 Å². The molecule has 0 unspecified atom stereocenters. The van der Waals surface area contributed by atoms with Crippen molar-refractivity contribution in [2.75, 3.05) is 20.1 Å². The molecule has 0 aromatic carbocycles. The average Bonchev–Trinajstić information content (AvgIpc) is 2.80. The number of aromatic nitrogens is 2. The van der Waals surface area contributed by atoms with Gasteiger partial charge in [-0.1, -0.05) is 24.9 Å². The summed E-state index contributed by atoms with van der Waals surface area (Å²) in [6.07, 6.45) is 5.72. The largest absolute Gasteiger partial charge is 0.344 e. The minimum Gasteiger partial charge on any atom is -0.344 e. The molecule has 122 valence electrons. The standard InChI is InChI=1S/C16H31ClN4/c1-5-6-9-15-19-14(16(17)20-15)12-18-10-7-8-11-21(4)13(2)3/h13,18H,5-12H2,1-4H3,(H,19,20). The van der Waals surface area contributed by atoms with Crippen molar-refractivity contribution in [2.45, 2.75) is 65.5 Å². The van der Waals surface area contributed by atoms with Gasteiger partial charge in [0.2, 0.25) is 0 Å². The third-order valence-electron chi connectivity index (χ3n) is 3.84. The highest BCUT2D eigenvalue weighted by molar-refractivity contribution is 6.30. The van der Waals surface area contributed by atoms with Gasteiger partial charge in [-0.2, -0.15) is 0 Å². The molecule has 0 aliphatic carbocycles. The molecule has 2 N–H and O–H groups in total. The van der Waals surface area contributed by atoms with Gasteiger partial charge in [0.1, 0.15) is 5.82 Å². The molecule has 1 aromatic rings. The SMILES string of the molecule is CCCCc1nc(Cl)c(CNCCCCN(C)C(C)C)[nH]1. The van der Waals surface area contributed by atoms with Gasteiger partial charge in [0.25, 0.3) is 0 Å². The van der Waals surface area contributed by atoms with Crippen LogP contribution in [0.25, 0.3) is 0 Å². The zero-order chi connectivity index (χ0) is 15.7. The molecule has 5 heteroatoms. The van der Waals surface area contributed by atoms with Crippen LogP contribution in [-0.2, 0) is 13.0 Å². The summed E-state index contributed by atoms with van der Waals surface area (Å²) in [5.41, 5.74) is 1.02. The van der Waals surface area contributed by atoms with Crippen molar-refractivity contribution < 1.29 is 0 Å². The first kappa shape index (κ1) is 18.5. The Labute approximate surface area is 134 Å². The molecular weight excluding hydrogens is 284 g/mol. The van der Waals surface area contributed by atoms with Crippen molar-refractivity contribution in [1.29, 1.82) is 0 Å². The van der Waals surface area contributed by atoms with E-state index in [2.05, 4.69) is 48.0 Å². The fraction of sp³-hybridized carbons (Fsp3) is 0.812. The van der Waals surface area contributed by atoms with E-state index < -0.39 is 0 Å². The topological polar surface area (TPSA) is 44.0 Å². The summed E-state index contributed by atoms with van der Waals surface area (Å²) < 4.78 is 0. The van der Waals surface area contributed by atoms with Crippen molar-refractivity contribution in [2.24, 2.45) is 0 Å². The summed E-state index contributed by atoms with van der Waals surface area (Å²) in [5.74, 6) is 1.01. The molecular formula is C16H31ClN4. The smallest absolute Gasteiger partial charge is 0.151 e. The molecule has 0 bridgehead atoms. The molecule has 0 fully saturated rings. The number of rotatable bonds is 11. The van der Waals surface area contributed by atoms with Crippen LogP contribution < -0.4 is 5.32 Å². The summed E-state index contributed by atoms with van der Waals surface area (Å²) >= 11 is 6.15. The third-order valence-corrected chi connectivity index (χ3v) is 4.15. The van der Waals surface area contributed by atoms with Crippen molar-refractivity contribution in [3.05, 3.63) is 16.7 Å². The predicted molar refractivity (Wildman–Crippen MR) is 90.9 cm³/mol. The summed E-state index contributed by atoms with van der Waals surface area (Å²) in [4.78, 5) is 10.1. The van der Waals surface area contributed by atoms with Gasteiger partial charge in [-0.25, -0.2) is 4.98 Å². The summed E-state index contributed by atoms with van der Waals surface area (Å²) in [6, 6.07) is 0.628. The van der Waals surface area contributed by atoms with Crippen molar-refractivity contribution in [3.63, 3.8) is 0 Å². The number of aryl methyl sites for hydroxylation is 1. The van der Waals surface area contributed by atoms with E-state index in [-0.39, 0.29) is 0 Å². The average molecular weight is 315 g/mol. The number of aromatic amines is 1. The lowest BCUT2D eigenvalue weighted by atomic mass is 10.2. The molecule has 0 atom stereocenters. The van der Waals surface area contributed by atoms with Gasteiger partial charge in [-0.15, -0.1) is 0 Å². The fourth-order valence-electron chi connectivity index (χ4n) is 2.10. The van der Waals surface area contributed by atoms with Gasteiger partial charge in [0, 0.05) is 19.0 Å². The number of hydrogen-bond acceptors (Lipinski definition) is 3. The quantitative estimate of drug-likeness (QED) is 0.613. The van der Waals surface area contributed by atoms with E-state index in [1.807, 2.05) is 0 Å². The Morgan fingerprint density at radius 3 is 2.71 bits per heavy atom. The maximum Gasteiger partial charge on any atom is 0.151 e. The second-order valence-electron chi connectivity index (χ2n) is 6.01. The molecule has 4 nitrogen and oxygen atoms in total. The van der Waals surface area contributed by atoms with Crippen LogP contribution in [0.4, 0.5) is 0 Å². The fourth-order valence-corrected chi connectivity index (χ4v) is 2.32. The van der Waals surface area contributed by atoms with Gasteiger partial charge < -0.3 is 15.2 Å². The Morgan fingerprint density at radius 1 is 1.29 bits per heavy atom. The monoisotopic (exact) mass is 314 g/mol. The molecule has 1 rings (SSSR count). The van der Waals surface area contributed by atoms with Crippen molar-refractivity contribution in [1.82, 2.24) is 20.2 Å². The molecule has 0 aliphatic rings. The lowest BCUT2D eigenvalue weighted by molar-refractivity contribution is 0.268. The molecule has 0 radical (unpaired) electrons. The highest BCUT2D eigenvalue weighted by atomic mass is 35.5. The number of H-pyrrole nitrogens is 1. The van der Waals surface area contributed by atoms with Gasteiger partial charge in [-0.3, -0.25) is 0 Å². The molecule has 0 aliphatic heterocycles. The summed E-state index contributed by atoms with van der Waals surface area (Å²) in [7, 11) is 2.18. The molecule has 21 heavy (non-hydrogen) atoms. The number of nitrogens with zero attached hydrogens (tertiary/aromatic N) is 2. The normalized spacial score (nSPS) is 11.8. The second-order valence-corrected chi connectivity index (χ2v) is 6.37. The Morgan fingerprint density at radius 2 is 2.05 bits per heavy atom. The van der Waals surface area contributed by atoms with Crippen LogP contribution in [0, 0.1) is 0 Å². The summed E-state index contributed by atoms with van der Waals surface area (Å²) in [5, 5.41) is 4.06. The number of hydrogen-bond donors (Lipinski definition) is 2. The molecule has 0 saturated carbocycles. The minimum absolute atomic E-state index is 0.619. The van der Waals surface area contributed by atoms with Crippen LogP contribution in [0.3, 0.4) is 0 Å². The van der Waals surface area contributed by atoms with Crippen LogP contribution in [-0.4, -0.2) is 41.0 Å². The Hall–Kier alpha value is -0.580. The van der Waals surface area contributed by atoms with E-state index in [9.17, 15) is 0 Å². The van der Waals surface area contributed by atoms with Crippen molar-refractivity contribution in [3.8, 4) is 0 Å². The Kier molecular flexibility index (Phi) is 8.97. The van der Waals surface area contributed by atoms with Crippen LogP contribution in [0.15, 0.2) is 0 Å². The van der Waals surface area contributed by atoms with E-state index in [0.29, 0.717) is 11.2 Å². The van der Waals surface area contributed by atoms with Crippen LogP contribution >= 0.6 is 11.6 Å². The highest BCUT2D eigenvalue weighted by Crippen LogP contribution is 2.13. The van der Waals surface area contributed by atoms with Gasteiger partial charge >= 0.3 is 0 Å². The number of nitrogens with one attached hydrogen (secondary N) is 2. The van der Waals surface area contributed by atoms with E-state index in [0.717, 1.165) is 44.0 Å². The maximum absolute atomic E-state index is 6.15. The van der Waals surface area contributed by atoms with Gasteiger partial charge in [-0.05, 0) is 53.2 Å².